The van der Waals surface area contributed by atoms with E-state index in [-0.39, 0.29) is 12.1 Å². The van der Waals surface area contributed by atoms with Gasteiger partial charge in [0.1, 0.15) is 0 Å². The van der Waals surface area contributed by atoms with Gasteiger partial charge >= 0.3 is 6.17 Å². The highest BCUT2D eigenvalue weighted by atomic mass is 16.2. The summed E-state index contributed by atoms with van der Waals surface area (Å²) < 4.78 is 0. The van der Waals surface area contributed by atoms with Gasteiger partial charge in [0, 0.05) is 19.0 Å². The van der Waals surface area contributed by atoms with Crippen molar-refractivity contribution in [2.45, 2.75) is 57.2 Å². The van der Waals surface area contributed by atoms with Gasteiger partial charge in [-0.1, -0.05) is 0 Å². The minimum atomic E-state index is -0.196. The number of hydrogen-bond acceptors (Lipinski definition) is 2. The maximum absolute atomic E-state index is 12.4. The molecule has 4 heteroatoms. The molecule has 4 nitrogen and oxygen atoms in total. The second kappa shape index (κ2) is 5.28. The molecule has 1 heterocycles. The Morgan fingerprint density at radius 2 is 1.81 bits per heavy atom. The molecule has 0 aromatic heterocycles. The molecule has 4 saturated carbocycles. The number of nitrogens with zero attached hydrogens (tertiary/aromatic N) is 2. The number of carbonyl (C=O) groups is 1. The minimum Gasteiger partial charge on any atom is -0.305 e. The predicted molar refractivity (Wildman–Crippen MR) is 80.2 cm³/mol. The van der Waals surface area contributed by atoms with Crippen molar-refractivity contribution in [1.29, 1.82) is 0 Å². The Kier molecular flexibility index (Phi) is 3.41. The third-order valence-corrected chi connectivity index (χ3v) is 6.41. The first-order valence-electron chi connectivity index (χ1n) is 8.64. The van der Waals surface area contributed by atoms with Crippen LogP contribution in [0.1, 0.15) is 44.9 Å². The zero-order chi connectivity index (χ0) is 14.4. The summed E-state index contributed by atoms with van der Waals surface area (Å²) in [4.78, 5) is 17.7. The highest BCUT2D eigenvalue weighted by Gasteiger charge is 2.48. The SMILES string of the molecule is [C-]#[N+][C@@H]1CCCN1C(=O)CNC1C2CC3CC(C2)CC1C3. The fourth-order valence-electron chi connectivity index (χ4n) is 5.74. The van der Waals surface area contributed by atoms with Gasteiger partial charge in [-0.3, -0.25) is 14.5 Å². The number of amides is 1. The summed E-state index contributed by atoms with van der Waals surface area (Å²) >= 11 is 0. The second-order valence-electron chi connectivity index (χ2n) is 7.68. The molecule has 0 aromatic carbocycles. The molecule has 5 aliphatic rings. The van der Waals surface area contributed by atoms with Crippen molar-refractivity contribution in [1.82, 2.24) is 10.2 Å². The third kappa shape index (κ3) is 2.36. The normalized spacial score (nSPS) is 44.0. The smallest absolute Gasteiger partial charge is 0.300 e. The van der Waals surface area contributed by atoms with Crippen molar-refractivity contribution in [3.63, 3.8) is 0 Å². The van der Waals surface area contributed by atoms with Crippen molar-refractivity contribution < 1.29 is 4.79 Å². The summed E-state index contributed by atoms with van der Waals surface area (Å²) in [7, 11) is 0. The van der Waals surface area contributed by atoms with E-state index >= 15 is 0 Å². The summed E-state index contributed by atoms with van der Waals surface area (Å²) in [6.45, 7) is 8.41. The molecular weight excluding hydrogens is 262 g/mol. The molecule has 114 valence electrons. The Morgan fingerprint density at radius 1 is 1.14 bits per heavy atom. The molecule has 4 bridgehead atoms. The van der Waals surface area contributed by atoms with Gasteiger partial charge in [0.25, 0.3) is 0 Å². The summed E-state index contributed by atoms with van der Waals surface area (Å²) in [5.74, 6) is 3.72. The molecule has 0 unspecified atom stereocenters. The lowest BCUT2D eigenvalue weighted by Gasteiger charge is -2.54. The van der Waals surface area contributed by atoms with Gasteiger partial charge in [0.2, 0.25) is 5.91 Å². The number of hydrogen-bond donors (Lipinski definition) is 1. The van der Waals surface area contributed by atoms with Crippen LogP contribution in [-0.2, 0) is 4.79 Å². The fourth-order valence-corrected chi connectivity index (χ4v) is 5.74. The van der Waals surface area contributed by atoms with Crippen LogP contribution in [0, 0.1) is 30.2 Å². The Hall–Kier alpha value is -1.08. The van der Waals surface area contributed by atoms with E-state index in [1.807, 2.05) is 0 Å². The molecule has 1 N–H and O–H groups in total. The van der Waals surface area contributed by atoms with E-state index in [1.165, 1.54) is 32.1 Å². The second-order valence-corrected chi connectivity index (χ2v) is 7.68. The molecule has 5 rings (SSSR count). The molecule has 0 spiro atoms. The molecule has 5 fully saturated rings. The fraction of sp³-hybridized carbons (Fsp3) is 0.882. The highest BCUT2D eigenvalue weighted by molar-refractivity contribution is 5.79. The Morgan fingerprint density at radius 3 is 2.43 bits per heavy atom. The number of nitrogens with one attached hydrogen (secondary N) is 1. The molecule has 1 amide bonds. The zero-order valence-corrected chi connectivity index (χ0v) is 12.6. The van der Waals surface area contributed by atoms with Crippen LogP contribution < -0.4 is 5.32 Å². The van der Waals surface area contributed by atoms with Gasteiger partial charge in [-0.15, -0.1) is 0 Å². The quantitative estimate of drug-likeness (QED) is 0.808. The van der Waals surface area contributed by atoms with Gasteiger partial charge in [-0.2, -0.15) is 0 Å². The zero-order valence-electron chi connectivity index (χ0n) is 12.6. The molecule has 4 aliphatic carbocycles. The summed E-state index contributed by atoms with van der Waals surface area (Å²) in [6.07, 6.45) is 8.64. The summed E-state index contributed by atoms with van der Waals surface area (Å²) in [5.41, 5.74) is 0. The van der Waals surface area contributed by atoms with Crippen LogP contribution in [0.5, 0.6) is 0 Å². The number of carbonyl (C=O) groups excluding carboxylic acids is 1. The molecule has 1 aliphatic heterocycles. The van der Waals surface area contributed by atoms with E-state index in [9.17, 15) is 4.79 Å². The Labute approximate surface area is 127 Å². The molecule has 1 atom stereocenters. The van der Waals surface area contributed by atoms with E-state index < -0.39 is 0 Å². The average molecular weight is 287 g/mol. The van der Waals surface area contributed by atoms with Crippen LogP contribution in [0.25, 0.3) is 4.85 Å². The van der Waals surface area contributed by atoms with Crippen molar-refractivity contribution >= 4 is 5.91 Å². The van der Waals surface area contributed by atoms with Crippen LogP contribution in [0.3, 0.4) is 0 Å². The molecule has 1 saturated heterocycles. The van der Waals surface area contributed by atoms with E-state index in [0.29, 0.717) is 12.6 Å². The largest absolute Gasteiger partial charge is 0.305 e. The van der Waals surface area contributed by atoms with Crippen LogP contribution in [-0.4, -0.2) is 36.1 Å². The molecular formula is C17H25N3O. The van der Waals surface area contributed by atoms with E-state index in [2.05, 4.69) is 10.2 Å². The van der Waals surface area contributed by atoms with E-state index in [1.54, 1.807) is 4.90 Å². The van der Waals surface area contributed by atoms with Gasteiger partial charge in [0.05, 0.1) is 6.54 Å². The minimum absolute atomic E-state index is 0.141. The lowest BCUT2D eigenvalue weighted by atomic mass is 9.54. The molecule has 0 radical (unpaired) electrons. The van der Waals surface area contributed by atoms with Gasteiger partial charge in [-0.05, 0) is 62.2 Å². The van der Waals surface area contributed by atoms with Gasteiger partial charge in [0.15, 0.2) is 0 Å². The molecule has 0 aromatic rings. The Bertz CT molecular complexity index is 441. The van der Waals surface area contributed by atoms with Crippen molar-refractivity contribution in [2.24, 2.45) is 23.7 Å². The van der Waals surface area contributed by atoms with Crippen LogP contribution >= 0.6 is 0 Å². The van der Waals surface area contributed by atoms with Gasteiger partial charge in [-0.25, -0.2) is 6.57 Å². The van der Waals surface area contributed by atoms with Crippen molar-refractivity contribution in [3.8, 4) is 0 Å². The average Bonchev–Trinajstić information content (AvgIpc) is 2.94. The van der Waals surface area contributed by atoms with Crippen molar-refractivity contribution in [3.05, 3.63) is 11.4 Å². The maximum atomic E-state index is 12.4. The lowest BCUT2D eigenvalue weighted by molar-refractivity contribution is -0.131. The lowest BCUT2D eigenvalue weighted by Crippen LogP contribution is -2.56. The first-order chi connectivity index (χ1) is 10.2. The van der Waals surface area contributed by atoms with Gasteiger partial charge < -0.3 is 5.32 Å². The Balaban J connectivity index is 1.35. The van der Waals surface area contributed by atoms with Crippen LogP contribution in [0.15, 0.2) is 0 Å². The summed E-state index contributed by atoms with van der Waals surface area (Å²) in [5, 5.41) is 3.59. The monoisotopic (exact) mass is 287 g/mol. The first-order valence-corrected chi connectivity index (χ1v) is 8.64. The summed E-state index contributed by atoms with van der Waals surface area (Å²) in [6, 6.07) is 0.566. The van der Waals surface area contributed by atoms with Crippen LogP contribution in [0.2, 0.25) is 0 Å². The third-order valence-electron chi connectivity index (χ3n) is 6.41. The van der Waals surface area contributed by atoms with Crippen molar-refractivity contribution in [2.75, 3.05) is 13.1 Å². The predicted octanol–water partition coefficient (Wildman–Crippen LogP) is 2.27. The van der Waals surface area contributed by atoms with E-state index in [0.717, 1.165) is 43.1 Å². The number of rotatable bonds is 3. The topological polar surface area (TPSA) is 36.7 Å². The van der Waals surface area contributed by atoms with Crippen LogP contribution in [0.4, 0.5) is 0 Å². The first kappa shape index (κ1) is 13.6. The molecule has 21 heavy (non-hydrogen) atoms. The number of likely N-dealkylation sites (tertiary alicyclic amines) is 1. The standard InChI is InChI=1S/C17H25N3O/c1-18-15-3-2-4-20(15)16(21)10-19-17-13-6-11-5-12(8-13)9-14(17)7-11/h11-15,17,19H,2-10H2/t11?,12?,13?,14?,15-,17?/m0/s1. The highest BCUT2D eigenvalue weighted by Crippen LogP contribution is 2.53. The maximum Gasteiger partial charge on any atom is 0.300 e. The van der Waals surface area contributed by atoms with E-state index in [4.69, 9.17) is 6.57 Å².